The highest BCUT2D eigenvalue weighted by molar-refractivity contribution is 6.33. The second kappa shape index (κ2) is 6.82. The largest absolute Gasteiger partial charge is 0.374 e. The van der Waals surface area contributed by atoms with Gasteiger partial charge in [0.2, 0.25) is 0 Å². The maximum atomic E-state index is 9.18. The number of nitrogens with zero attached hydrogens (tertiary/aromatic N) is 3. The average molecular weight is 360 g/mol. The number of hydrogen-bond acceptors (Lipinski definition) is 3. The first-order chi connectivity index (χ1) is 11.5. The molecule has 0 spiro atoms. The number of hydrogen-bond donors (Lipinski definition) is 0. The van der Waals surface area contributed by atoms with Crippen LogP contribution in [0.3, 0.4) is 0 Å². The van der Waals surface area contributed by atoms with Crippen molar-refractivity contribution in [2.24, 2.45) is 0 Å². The SMILES string of the molecule is CO[C@@H](C)c1nc2ccc(C#N)cc2n1Cc1cc(Cl)ccc1Cl. The maximum Gasteiger partial charge on any atom is 0.139 e. The number of halogens is 2. The zero-order chi connectivity index (χ0) is 17.3. The van der Waals surface area contributed by atoms with Crippen molar-refractivity contribution in [3.8, 4) is 6.07 Å². The van der Waals surface area contributed by atoms with Gasteiger partial charge in [0.15, 0.2) is 0 Å². The lowest BCUT2D eigenvalue weighted by atomic mass is 10.2. The van der Waals surface area contributed by atoms with Gasteiger partial charge >= 0.3 is 0 Å². The Kier molecular flexibility index (Phi) is 4.77. The molecule has 0 unspecified atom stereocenters. The number of benzene rings is 2. The fraction of sp³-hybridized carbons (Fsp3) is 0.222. The van der Waals surface area contributed by atoms with Gasteiger partial charge in [0.05, 0.1) is 29.2 Å². The van der Waals surface area contributed by atoms with Crippen molar-refractivity contribution in [1.82, 2.24) is 9.55 Å². The molecule has 1 aromatic heterocycles. The minimum absolute atomic E-state index is 0.194. The number of methoxy groups -OCH3 is 1. The van der Waals surface area contributed by atoms with Crippen LogP contribution in [0.2, 0.25) is 10.0 Å². The van der Waals surface area contributed by atoms with E-state index in [0.717, 1.165) is 22.4 Å². The summed E-state index contributed by atoms with van der Waals surface area (Å²) in [7, 11) is 1.64. The summed E-state index contributed by atoms with van der Waals surface area (Å²) in [6.45, 7) is 2.43. The summed E-state index contributed by atoms with van der Waals surface area (Å²) in [5.74, 6) is 0.777. The van der Waals surface area contributed by atoms with E-state index in [1.807, 2.05) is 29.7 Å². The summed E-state index contributed by atoms with van der Waals surface area (Å²) in [5.41, 5.74) is 3.14. The number of fused-ring (bicyclic) bond motifs is 1. The molecule has 3 aromatic rings. The van der Waals surface area contributed by atoms with Crippen LogP contribution in [-0.2, 0) is 11.3 Å². The van der Waals surface area contributed by atoms with Crippen LogP contribution in [-0.4, -0.2) is 16.7 Å². The molecule has 1 heterocycles. The summed E-state index contributed by atoms with van der Waals surface area (Å²) in [6.07, 6.45) is -0.194. The van der Waals surface area contributed by atoms with E-state index in [9.17, 15) is 5.26 Å². The van der Waals surface area contributed by atoms with Gasteiger partial charge < -0.3 is 9.30 Å². The highest BCUT2D eigenvalue weighted by atomic mass is 35.5. The Balaban J connectivity index is 2.19. The number of ether oxygens (including phenoxy) is 1. The zero-order valence-electron chi connectivity index (χ0n) is 13.3. The first kappa shape index (κ1) is 16.8. The number of aromatic nitrogens is 2. The minimum atomic E-state index is -0.194. The number of rotatable bonds is 4. The van der Waals surface area contributed by atoms with Gasteiger partial charge in [-0.3, -0.25) is 0 Å². The van der Waals surface area contributed by atoms with Crippen LogP contribution in [0.4, 0.5) is 0 Å². The van der Waals surface area contributed by atoms with Crippen LogP contribution < -0.4 is 0 Å². The Bertz CT molecular complexity index is 943. The van der Waals surface area contributed by atoms with E-state index >= 15 is 0 Å². The quantitative estimate of drug-likeness (QED) is 0.660. The van der Waals surface area contributed by atoms with E-state index in [4.69, 9.17) is 27.9 Å². The summed E-state index contributed by atoms with van der Waals surface area (Å²) in [5, 5.41) is 10.4. The second-order valence-corrected chi connectivity index (χ2v) is 6.33. The van der Waals surface area contributed by atoms with Crippen LogP contribution in [0.15, 0.2) is 36.4 Å². The molecule has 0 bridgehead atoms. The minimum Gasteiger partial charge on any atom is -0.374 e. The highest BCUT2D eigenvalue weighted by Crippen LogP contribution is 2.27. The van der Waals surface area contributed by atoms with E-state index in [1.165, 1.54) is 0 Å². The van der Waals surface area contributed by atoms with Crippen LogP contribution in [0.25, 0.3) is 11.0 Å². The third kappa shape index (κ3) is 3.11. The first-order valence-electron chi connectivity index (χ1n) is 7.40. The zero-order valence-corrected chi connectivity index (χ0v) is 14.8. The Hall–Kier alpha value is -2.06. The van der Waals surface area contributed by atoms with Gasteiger partial charge in [0.25, 0.3) is 0 Å². The average Bonchev–Trinajstić information content (AvgIpc) is 2.95. The standard InChI is InChI=1S/C18H15Cl2N3O/c1-11(24-2)18-22-16-6-3-12(9-21)7-17(16)23(18)10-13-8-14(19)4-5-15(13)20/h3-8,11H,10H2,1-2H3/t11-/m0/s1. The smallest absolute Gasteiger partial charge is 0.139 e. The normalized spacial score (nSPS) is 12.3. The molecule has 3 rings (SSSR count). The number of imidazole rings is 1. The maximum absolute atomic E-state index is 9.18. The van der Waals surface area contributed by atoms with E-state index < -0.39 is 0 Å². The van der Waals surface area contributed by atoms with Gasteiger partial charge in [-0.05, 0) is 48.9 Å². The van der Waals surface area contributed by atoms with Gasteiger partial charge in [-0.25, -0.2) is 4.98 Å². The molecule has 0 fully saturated rings. The molecule has 0 saturated heterocycles. The predicted molar refractivity (Wildman–Crippen MR) is 95.4 cm³/mol. The Morgan fingerprint density at radius 1 is 1.25 bits per heavy atom. The van der Waals surface area contributed by atoms with Crippen LogP contribution in [0.5, 0.6) is 0 Å². The molecule has 122 valence electrons. The van der Waals surface area contributed by atoms with Gasteiger partial charge in [0.1, 0.15) is 11.9 Å². The first-order valence-corrected chi connectivity index (χ1v) is 8.16. The summed E-state index contributed by atoms with van der Waals surface area (Å²) in [4.78, 5) is 4.66. The number of nitriles is 1. The molecule has 0 amide bonds. The Morgan fingerprint density at radius 3 is 2.75 bits per heavy atom. The van der Waals surface area contributed by atoms with Gasteiger partial charge in [0, 0.05) is 17.2 Å². The van der Waals surface area contributed by atoms with Crippen molar-refractivity contribution in [2.45, 2.75) is 19.6 Å². The monoisotopic (exact) mass is 359 g/mol. The molecule has 2 aromatic carbocycles. The lowest BCUT2D eigenvalue weighted by molar-refractivity contribution is 0.109. The Labute approximate surface area is 150 Å². The highest BCUT2D eigenvalue weighted by Gasteiger charge is 2.18. The molecule has 0 aliphatic rings. The van der Waals surface area contributed by atoms with Crippen molar-refractivity contribution in [3.63, 3.8) is 0 Å². The molecule has 0 N–H and O–H groups in total. The predicted octanol–water partition coefficient (Wildman–Crippen LogP) is 4.97. The third-order valence-electron chi connectivity index (χ3n) is 3.96. The summed E-state index contributed by atoms with van der Waals surface area (Å²) >= 11 is 12.4. The van der Waals surface area contributed by atoms with Crippen LogP contribution >= 0.6 is 23.2 Å². The van der Waals surface area contributed by atoms with E-state index in [1.54, 1.807) is 25.3 Å². The van der Waals surface area contributed by atoms with Gasteiger partial charge in [-0.15, -0.1) is 0 Å². The fourth-order valence-corrected chi connectivity index (χ4v) is 3.00. The summed E-state index contributed by atoms with van der Waals surface area (Å²) in [6, 6.07) is 13.0. The van der Waals surface area contributed by atoms with Crippen LogP contribution in [0, 0.1) is 11.3 Å². The van der Waals surface area contributed by atoms with E-state index in [2.05, 4.69) is 11.1 Å². The summed E-state index contributed by atoms with van der Waals surface area (Å²) < 4.78 is 7.46. The second-order valence-electron chi connectivity index (χ2n) is 5.49. The van der Waals surface area contributed by atoms with Crippen molar-refractivity contribution in [2.75, 3.05) is 7.11 Å². The fourth-order valence-electron chi connectivity index (χ4n) is 2.63. The molecular formula is C18H15Cl2N3O. The molecule has 4 nitrogen and oxygen atoms in total. The lowest BCUT2D eigenvalue weighted by Crippen LogP contribution is -2.10. The van der Waals surface area contributed by atoms with Crippen molar-refractivity contribution < 1.29 is 4.74 Å². The molecule has 1 atom stereocenters. The molecular weight excluding hydrogens is 345 g/mol. The van der Waals surface area contributed by atoms with Gasteiger partial charge in [-0.2, -0.15) is 5.26 Å². The molecule has 0 aliphatic heterocycles. The third-order valence-corrected chi connectivity index (χ3v) is 4.56. The van der Waals surface area contributed by atoms with E-state index in [0.29, 0.717) is 22.2 Å². The molecule has 6 heteroatoms. The Morgan fingerprint density at radius 2 is 2.04 bits per heavy atom. The van der Waals surface area contributed by atoms with Crippen LogP contribution in [0.1, 0.15) is 30.0 Å². The van der Waals surface area contributed by atoms with Gasteiger partial charge in [-0.1, -0.05) is 23.2 Å². The van der Waals surface area contributed by atoms with Crippen molar-refractivity contribution >= 4 is 34.2 Å². The van der Waals surface area contributed by atoms with Crippen molar-refractivity contribution in [3.05, 3.63) is 63.4 Å². The topological polar surface area (TPSA) is 50.8 Å². The molecule has 24 heavy (non-hydrogen) atoms. The molecule has 0 aliphatic carbocycles. The lowest BCUT2D eigenvalue weighted by Gasteiger charge is -2.14. The van der Waals surface area contributed by atoms with E-state index in [-0.39, 0.29) is 6.10 Å². The molecule has 0 radical (unpaired) electrons. The van der Waals surface area contributed by atoms with Crippen molar-refractivity contribution in [1.29, 1.82) is 5.26 Å². The molecule has 0 saturated carbocycles.